The summed E-state index contributed by atoms with van der Waals surface area (Å²) in [6, 6.07) is 11.5. The predicted molar refractivity (Wildman–Crippen MR) is 101 cm³/mol. The van der Waals surface area contributed by atoms with Crippen LogP contribution >= 0.6 is 31.9 Å². The van der Waals surface area contributed by atoms with Crippen LogP contribution in [-0.4, -0.2) is 30.2 Å². The van der Waals surface area contributed by atoms with Crippen molar-refractivity contribution in [3.8, 4) is 5.75 Å². The molecular formula is C18H16Br2FNO4. The molecule has 5 nitrogen and oxygen atoms in total. The average molecular weight is 489 g/mol. The number of hydrogen-bond donors (Lipinski definition) is 0. The number of amides is 1. The zero-order chi connectivity index (χ0) is 19.1. The lowest BCUT2D eigenvalue weighted by molar-refractivity contribution is -0.145. The minimum Gasteiger partial charge on any atom is -0.481 e. The Morgan fingerprint density at radius 2 is 1.73 bits per heavy atom. The lowest BCUT2D eigenvalue weighted by Gasteiger charge is -2.15. The summed E-state index contributed by atoms with van der Waals surface area (Å²) in [6.07, 6.45) is 0. The zero-order valence-corrected chi connectivity index (χ0v) is 17.0. The predicted octanol–water partition coefficient (Wildman–Crippen LogP) is 4.68. The number of nitrogens with zero attached hydrogens (tertiary/aromatic N) is 1. The number of carbonyl (C=O) groups excluding carboxylic acids is 2. The van der Waals surface area contributed by atoms with Crippen molar-refractivity contribution < 1.29 is 23.5 Å². The maximum absolute atomic E-state index is 14.4. The second-order valence-electron chi connectivity index (χ2n) is 5.19. The first kappa shape index (κ1) is 20.4. The van der Waals surface area contributed by atoms with Gasteiger partial charge in [-0.2, -0.15) is 5.12 Å². The molecule has 0 spiro atoms. The van der Waals surface area contributed by atoms with Crippen molar-refractivity contribution in [3.05, 3.63) is 62.5 Å². The van der Waals surface area contributed by atoms with Crippen LogP contribution in [0.25, 0.3) is 0 Å². The third-order valence-electron chi connectivity index (χ3n) is 3.28. The third kappa shape index (κ3) is 5.81. The van der Waals surface area contributed by atoms with Crippen molar-refractivity contribution in [3.63, 3.8) is 0 Å². The van der Waals surface area contributed by atoms with E-state index < -0.39 is 11.9 Å². The van der Waals surface area contributed by atoms with Gasteiger partial charge in [-0.1, -0.05) is 48.5 Å². The number of hydrogen-bond acceptors (Lipinski definition) is 4. The van der Waals surface area contributed by atoms with Crippen molar-refractivity contribution >= 4 is 43.7 Å². The van der Waals surface area contributed by atoms with Gasteiger partial charge in [-0.25, -0.2) is 4.79 Å². The molecule has 0 aliphatic carbocycles. The third-order valence-corrected chi connectivity index (χ3v) is 4.30. The van der Waals surface area contributed by atoms with Crippen LogP contribution in [-0.2, 0) is 16.1 Å². The maximum atomic E-state index is 14.4. The average Bonchev–Trinajstić information content (AvgIpc) is 2.62. The van der Waals surface area contributed by atoms with Gasteiger partial charge in [-0.3, -0.25) is 4.79 Å². The van der Waals surface area contributed by atoms with E-state index in [4.69, 9.17) is 9.47 Å². The van der Waals surface area contributed by atoms with Crippen molar-refractivity contribution in [1.29, 1.82) is 0 Å². The van der Waals surface area contributed by atoms with Crippen LogP contribution in [0.2, 0.25) is 0 Å². The quantitative estimate of drug-likeness (QED) is 0.419. The minimum atomic E-state index is -0.868. The molecule has 0 bridgehead atoms. The van der Waals surface area contributed by atoms with Gasteiger partial charge in [0, 0.05) is 8.95 Å². The van der Waals surface area contributed by atoms with Gasteiger partial charge >= 0.3 is 5.97 Å². The molecule has 2 aromatic rings. The van der Waals surface area contributed by atoms with Gasteiger partial charge in [-0.15, -0.1) is 0 Å². The van der Waals surface area contributed by atoms with Gasteiger partial charge in [0.25, 0.3) is 5.91 Å². The summed E-state index contributed by atoms with van der Waals surface area (Å²) in [4.78, 5) is 23.9. The zero-order valence-electron chi connectivity index (χ0n) is 13.9. The van der Waals surface area contributed by atoms with Crippen LogP contribution in [0, 0.1) is 0 Å². The van der Waals surface area contributed by atoms with E-state index in [0.717, 1.165) is 4.47 Å². The standard InChI is InChI=1S/C18H16Br2FNO4/c1-2-25-17(23)11-26-16-8-7-14(20)9-15(16)18(24)22(21)10-12-3-5-13(19)6-4-12/h3-9H,2,10-11H2,1H3. The molecule has 0 N–H and O–H groups in total. The first-order valence-electron chi connectivity index (χ1n) is 7.70. The maximum Gasteiger partial charge on any atom is 0.344 e. The minimum absolute atomic E-state index is 0.00304. The molecule has 0 atom stereocenters. The molecule has 0 aliphatic rings. The number of esters is 1. The largest absolute Gasteiger partial charge is 0.481 e. The molecule has 0 saturated carbocycles. The Morgan fingerprint density at radius 3 is 2.38 bits per heavy atom. The number of benzene rings is 2. The highest BCUT2D eigenvalue weighted by Gasteiger charge is 2.21. The van der Waals surface area contributed by atoms with Gasteiger partial charge in [0.1, 0.15) is 5.75 Å². The number of halogens is 3. The fourth-order valence-electron chi connectivity index (χ4n) is 2.09. The summed E-state index contributed by atoms with van der Waals surface area (Å²) >= 11 is 6.55. The summed E-state index contributed by atoms with van der Waals surface area (Å²) in [5.74, 6) is -1.33. The number of rotatable bonds is 7. The van der Waals surface area contributed by atoms with Crippen LogP contribution in [0.5, 0.6) is 5.75 Å². The Hall–Kier alpha value is -1.93. The van der Waals surface area contributed by atoms with Crippen molar-refractivity contribution in [2.24, 2.45) is 0 Å². The summed E-state index contributed by atoms with van der Waals surface area (Å²) in [7, 11) is 0. The van der Waals surface area contributed by atoms with Gasteiger partial charge in [0.05, 0.1) is 18.7 Å². The van der Waals surface area contributed by atoms with Crippen molar-refractivity contribution in [1.82, 2.24) is 5.12 Å². The van der Waals surface area contributed by atoms with E-state index in [1.807, 2.05) is 0 Å². The Labute approximate surface area is 167 Å². The molecule has 2 rings (SSSR count). The van der Waals surface area contributed by atoms with Crippen LogP contribution < -0.4 is 4.74 Å². The molecular weight excluding hydrogens is 473 g/mol. The van der Waals surface area contributed by atoms with Gasteiger partial charge in [0.2, 0.25) is 0 Å². The van der Waals surface area contributed by atoms with E-state index in [1.54, 1.807) is 37.3 Å². The van der Waals surface area contributed by atoms with E-state index in [0.29, 0.717) is 10.0 Å². The van der Waals surface area contributed by atoms with Gasteiger partial charge in [0.15, 0.2) is 6.61 Å². The van der Waals surface area contributed by atoms with Gasteiger partial charge < -0.3 is 9.47 Å². The number of ether oxygens (including phenoxy) is 2. The molecule has 0 aromatic heterocycles. The second-order valence-corrected chi connectivity index (χ2v) is 7.02. The molecule has 138 valence electrons. The Bertz CT molecular complexity index is 783. The fraction of sp³-hybridized carbons (Fsp3) is 0.222. The molecule has 2 aromatic carbocycles. The summed E-state index contributed by atoms with van der Waals surface area (Å²) in [5.41, 5.74) is 0.635. The lowest BCUT2D eigenvalue weighted by Crippen LogP contribution is -2.24. The van der Waals surface area contributed by atoms with Crippen LogP contribution in [0.1, 0.15) is 22.8 Å². The second kappa shape index (κ2) is 9.68. The highest BCUT2D eigenvalue weighted by atomic mass is 79.9. The van der Waals surface area contributed by atoms with E-state index in [2.05, 4.69) is 31.9 Å². The normalized spacial score (nSPS) is 10.3. The SMILES string of the molecule is CCOC(=O)COc1ccc(Br)cc1C(=O)N(F)Cc1ccc(Br)cc1. The first-order valence-corrected chi connectivity index (χ1v) is 9.29. The first-order chi connectivity index (χ1) is 12.4. The Balaban J connectivity index is 2.14. The molecule has 0 saturated heterocycles. The molecule has 0 radical (unpaired) electrons. The summed E-state index contributed by atoms with van der Waals surface area (Å²) in [6.45, 7) is 1.32. The Kier molecular flexibility index (Phi) is 7.59. The van der Waals surface area contributed by atoms with E-state index in [-0.39, 0.29) is 36.2 Å². The van der Waals surface area contributed by atoms with Crippen molar-refractivity contribution in [2.45, 2.75) is 13.5 Å². The van der Waals surface area contributed by atoms with E-state index >= 15 is 0 Å². The lowest BCUT2D eigenvalue weighted by atomic mass is 10.1. The molecule has 0 unspecified atom stereocenters. The topological polar surface area (TPSA) is 55.8 Å². The Morgan fingerprint density at radius 1 is 1.08 bits per heavy atom. The summed E-state index contributed by atoms with van der Waals surface area (Å²) in [5, 5.41) is 0.0994. The van der Waals surface area contributed by atoms with Crippen molar-refractivity contribution in [2.75, 3.05) is 13.2 Å². The van der Waals surface area contributed by atoms with E-state index in [1.165, 1.54) is 12.1 Å². The highest BCUT2D eigenvalue weighted by molar-refractivity contribution is 9.10. The molecule has 0 aliphatic heterocycles. The van der Waals surface area contributed by atoms with Crippen LogP contribution in [0.4, 0.5) is 4.48 Å². The van der Waals surface area contributed by atoms with Crippen LogP contribution in [0.3, 0.4) is 0 Å². The smallest absolute Gasteiger partial charge is 0.344 e. The highest BCUT2D eigenvalue weighted by Crippen LogP contribution is 2.26. The van der Waals surface area contributed by atoms with Crippen LogP contribution in [0.15, 0.2) is 51.4 Å². The number of carbonyl (C=O) groups is 2. The van der Waals surface area contributed by atoms with Gasteiger partial charge in [-0.05, 0) is 42.8 Å². The summed E-state index contributed by atoms with van der Waals surface area (Å²) < 4.78 is 26.0. The molecule has 0 heterocycles. The fourth-order valence-corrected chi connectivity index (χ4v) is 2.71. The van der Waals surface area contributed by atoms with E-state index in [9.17, 15) is 14.1 Å². The molecule has 0 fully saturated rings. The molecule has 1 amide bonds. The monoisotopic (exact) mass is 487 g/mol. The molecule has 8 heteroatoms. The molecule has 26 heavy (non-hydrogen) atoms.